The molecular weight excluding hydrogens is 140 g/mol. The van der Waals surface area contributed by atoms with Crippen molar-refractivity contribution in [3.8, 4) is 0 Å². The first-order valence-electron chi connectivity index (χ1n) is 3.89. The second-order valence-electron chi connectivity index (χ2n) is 3.84. The van der Waals surface area contributed by atoms with Crippen molar-refractivity contribution in [1.82, 2.24) is 0 Å². The molecule has 1 aliphatic rings. The molecule has 11 heavy (non-hydrogen) atoms. The topological polar surface area (TPSA) is 18.5 Å². The molecule has 0 bridgehead atoms. The van der Waals surface area contributed by atoms with Crippen molar-refractivity contribution in [3.63, 3.8) is 0 Å². The smallest absolute Gasteiger partial charge is 0.162 e. The van der Waals surface area contributed by atoms with Crippen LogP contribution >= 0.6 is 0 Å². The summed E-state index contributed by atoms with van der Waals surface area (Å²) >= 11 is 0. The van der Waals surface area contributed by atoms with Crippen LogP contribution in [0.15, 0.2) is 12.7 Å². The van der Waals surface area contributed by atoms with Gasteiger partial charge in [0.15, 0.2) is 5.79 Å². The van der Waals surface area contributed by atoms with Gasteiger partial charge in [0.1, 0.15) is 0 Å². The van der Waals surface area contributed by atoms with Crippen molar-refractivity contribution in [1.29, 1.82) is 0 Å². The minimum Gasteiger partial charge on any atom is -0.350 e. The quantitative estimate of drug-likeness (QED) is 0.540. The average Bonchev–Trinajstić information content (AvgIpc) is 1.97. The monoisotopic (exact) mass is 156 g/mol. The van der Waals surface area contributed by atoms with Crippen LogP contribution in [0.1, 0.15) is 20.8 Å². The summed E-state index contributed by atoms with van der Waals surface area (Å²) in [5.41, 5.74) is -0.00444. The Bertz CT molecular complexity index is 151. The molecule has 1 saturated heterocycles. The maximum atomic E-state index is 5.48. The first kappa shape index (κ1) is 8.75. The van der Waals surface area contributed by atoms with Gasteiger partial charge in [-0.3, -0.25) is 0 Å². The molecule has 0 aliphatic carbocycles. The van der Waals surface area contributed by atoms with Gasteiger partial charge in [-0.25, -0.2) is 0 Å². The van der Waals surface area contributed by atoms with Crippen molar-refractivity contribution in [2.75, 3.05) is 13.2 Å². The van der Waals surface area contributed by atoms with Crippen molar-refractivity contribution >= 4 is 0 Å². The average molecular weight is 156 g/mol. The molecule has 1 rings (SSSR count). The van der Waals surface area contributed by atoms with Gasteiger partial charge in [0.2, 0.25) is 0 Å². The zero-order chi connectivity index (χ0) is 8.54. The standard InChI is InChI=1S/C9H16O2/c1-5-9(4)6-10-8(2,3)11-7-9/h5H,1,6-7H2,2-4H3. The van der Waals surface area contributed by atoms with Crippen LogP contribution in [0.3, 0.4) is 0 Å². The highest BCUT2D eigenvalue weighted by molar-refractivity contribution is 4.93. The van der Waals surface area contributed by atoms with Gasteiger partial charge in [0.05, 0.1) is 13.2 Å². The fraction of sp³-hybridized carbons (Fsp3) is 0.778. The van der Waals surface area contributed by atoms with Gasteiger partial charge < -0.3 is 9.47 Å². The highest BCUT2D eigenvalue weighted by Gasteiger charge is 2.34. The van der Waals surface area contributed by atoms with Gasteiger partial charge in [-0.1, -0.05) is 13.0 Å². The first-order chi connectivity index (χ1) is 4.97. The van der Waals surface area contributed by atoms with Gasteiger partial charge in [-0.2, -0.15) is 0 Å². The third-order valence-corrected chi connectivity index (χ3v) is 1.99. The van der Waals surface area contributed by atoms with E-state index in [4.69, 9.17) is 9.47 Å². The van der Waals surface area contributed by atoms with E-state index in [0.717, 1.165) is 0 Å². The van der Waals surface area contributed by atoms with E-state index in [1.807, 2.05) is 19.9 Å². The van der Waals surface area contributed by atoms with Gasteiger partial charge in [0.25, 0.3) is 0 Å². The van der Waals surface area contributed by atoms with E-state index >= 15 is 0 Å². The predicted molar refractivity (Wildman–Crippen MR) is 44.3 cm³/mol. The second-order valence-corrected chi connectivity index (χ2v) is 3.84. The lowest BCUT2D eigenvalue weighted by Gasteiger charge is -2.39. The maximum absolute atomic E-state index is 5.48. The molecule has 64 valence electrons. The Balaban J connectivity index is 2.54. The van der Waals surface area contributed by atoms with Crippen LogP contribution in [0.25, 0.3) is 0 Å². The summed E-state index contributed by atoms with van der Waals surface area (Å²) in [5, 5.41) is 0. The summed E-state index contributed by atoms with van der Waals surface area (Å²) in [4.78, 5) is 0. The van der Waals surface area contributed by atoms with E-state index in [0.29, 0.717) is 13.2 Å². The molecule has 0 saturated carbocycles. The Kier molecular flexibility index (Phi) is 2.08. The highest BCUT2D eigenvalue weighted by atomic mass is 16.7. The second kappa shape index (κ2) is 2.61. The summed E-state index contributed by atoms with van der Waals surface area (Å²) in [7, 11) is 0. The van der Waals surface area contributed by atoms with Crippen LogP contribution in [-0.4, -0.2) is 19.0 Å². The Hall–Kier alpha value is -0.340. The molecule has 2 heteroatoms. The summed E-state index contributed by atoms with van der Waals surface area (Å²) in [6.45, 7) is 11.1. The number of ether oxygens (including phenoxy) is 2. The van der Waals surface area contributed by atoms with E-state index < -0.39 is 5.79 Å². The zero-order valence-electron chi connectivity index (χ0n) is 7.52. The van der Waals surface area contributed by atoms with Crippen LogP contribution in [0.5, 0.6) is 0 Å². The molecule has 0 N–H and O–H groups in total. The fourth-order valence-electron chi connectivity index (χ4n) is 0.879. The SMILES string of the molecule is C=CC1(C)COC(C)(C)OC1. The molecule has 1 aliphatic heterocycles. The molecule has 0 aromatic rings. The van der Waals surface area contributed by atoms with E-state index in [9.17, 15) is 0 Å². The molecule has 2 nitrogen and oxygen atoms in total. The van der Waals surface area contributed by atoms with Crippen molar-refractivity contribution in [2.45, 2.75) is 26.6 Å². The number of hydrogen-bond acceptors (Lipinski definition) is 2. The Morgan fingerprint density at radius 2 is 1.64 bits per heavy atom. The molecule has 0 aromatic heterocycles. The molecule has 0 spiro atoms. The van der Waals surface area contributed by atoms with Crippen LogP contribution in [-0.2, 0) is 9.47 Å². The minimum atomic E-state index is -0.414. The Morgan fingerprint density at radius 3 is 2.00 bits per heavy atom. The third-order valence-electron chi connectivity index (χ3n) is 1.99. The van der Waals surface area contributed by atoms with Gasteiger partial charge in [-0.05, 0) is 13.8 Å². The molecule has 1 fully saturated rings. The predicted octanol–water partition coefficient (Wildman–Crippen LogP) is 1.96. The van der Waals surface area contributed by atoms with E-state index in [2.05, 4.69) is 13.5 Å². The lowest BCUT2D eigenvalue weighted by atomic mass is 9.92. The zero-order valence-corrected chi connectivity index (χ0v) is 7.52. The lowest BCUT2D eigenvalue weighted by Crippen LogP contribution is -2.43. The van der Waals surface area contributed by atoms with Gasteiger partial charge in [-0.15, -0.1) is 6.58 Å². The van der Waals surface area contributed by atoms with E-state index in [1.54, 1.807) is 0 Å². The lowest BCUT2D eigenvalue weighted by molar-refractivity contribution is -0.273. The van der Waals surface area contributed by atoms with Crippen LogP contribution < -0.4 is 0 Å². The summed E-state index contributed by atoms with van der Waals surface area (Å²) in [6, 6.07) is 0. The van der Waals surface area contributed by atoms with Crippen LogP contribution in [0.4, 0.5) is 0 Å². The van der Waals surface area contributed by atoms with Crippen LogP contribution in [0, 0.1) is 5.41 Å². The molecule has 0 atom stereocenters. The van der Waals surface area contributed by atoms with Crippen molar-refractivity contribution in [2.24, 2.45) is 5.41 Å². The normalized spacial score (nSPS) is 27.9. The summed E-state index contributed by atoms with van der Waals surface area (Å²) in [5.74, 6) is -0.414. The number of rotatable bonds is 1. The third kappa shape index (κ3) is 2.04. The molecule has 0 amide bonds. The Morgan fingerprint density at radius 1 is 1.18 bits per heavy atom. The van der Waals surface area contributed by atoms with Crippen LogP contribution in [0.2, 0.25) is 0 Å². The Labute approximate surface area is 68.2 Å². The van der Waals surface area contributed by atoms with Crippen molar-refractivity contribution < 1.29 is 9.47 Å². The first-order valence-corrected chi connectivity index (χ1v) is 3.89. The van der Waals surface area contributed by atoms with E-state index in [1.165, 1.54) is 0 Å². The maximum Gasteiger partial charge on any atom is 0.162 e. The minimum absolute atomic E-state index is 0.00444. The summed E-state index contributed by atoms with van der Waals surface area (Å²) < 4.78 is 11.0. The highest BCUT2D eigenvalue weighted by Crippen LogP contribution is 2.29. The molecular formula is C9H16O2. The largest absolute Gasteiger partial charge is 0.350 e. The molecule has 1 heterocycles. The fourth-order valence-corrected chi connectivity index (χ4v) is 0.879. The summed E-state index contributed by atoms with van der Waals surface area (Å²) in [6.07, 6.45) is 1.89. The van der Waals surface area contributed by atoms with E-state index in [-0.39, 0.29) is 5.41 Å². The molecule has 0 unspecified atom stereocenters. The van der Waals surface area contributed by atoms with Gasteiger partial charge in [0, 0.05) is 5.41 Å². The molecule has 0 aromatic carbocycles. The number of hydrogen-bond donors (Lipinski definition) is 0. The molecule has 0 radical (unpaired) electrons. The van der Waals surface area contributed by atoms with Gasteiger partial charge >= 0.3 is 0 Å². The van der Waals surface area contributed by atoms with Crippen molar-refractivity contribution in [3.05, 3.63) is 12.7 Å².